The van der Waals surface area contributed by atoms with Crippen molar-refractivity contribution >= 4 is 50.5 Å². The van der Waals surface area contributed by atoms with Crippen molar-refractivity contribution in [2.45, 2.75) is 55.6 Å². The predicted octanol–water partition coefficient (Wildman–Crippen LogP) is 3.29. The monoisotopic (exact) mass is 549 g/mol. The highest BCUT2D eigenvalue weighted by molar-refractivity contribution is 7.89. The molecule has 0 bridgehead atoms. The Labute approximate surface area is 216 Å². The highest BCUT2D eigenvalue weighted by Gasteiger charge is 2.54. The molecule has 0 aliphatic heterocycles. The Morgan fingerprint density at radius 3 is 2.59 bits per heavy atom. The molecule has 0 unspecified atom stereocenters. The number of fused-ring (bicyclic) bond motifs is 1. The number of carbonyl (C=O) groups excluding carboxylic acids is 3. The van der Waals surface area contributed by atoms with Crippen LogP contribution in [0.15, 0.2) is 44.3 Å². The zero-order valence-electron chi connectivity index (χ0n) is 19.8. The molecule has 2 aromatic heterocycles. The number of esters is 1. The molecule has 0 saturated heterocycles. The van der Waals surface area contributed by atoms with Gasteiger partial charge in [-0.1, -0.05) is 11.6 Å². The number of amides is 2. The van der Waals surface area contributed by atoms with Gasteiger partial charge in [-0.15, -0.1) is 0 Å². The molecule has 196 valence electrons. The van der Waals surface area contributed by atoms with Crippen molar-refractivity contribution in [1.29, 1.82) is 0 Å². The fourth-order valence-corrected chi connectivity index (χ4v) is 6.20. The fourth-order valence-electron chi connectivity index (χ4n) is 5.09. The van der Waals surface area contributed by atoms with Gasteiger partial charge in [0, 0.05) is 23.4 Å². The molecule has 2 heterocycles. The third-order valence-electron chi connectivity index (χ3n) is 6.87. The summed E-state index contributed by atoms with van der Waals surface area (Å²) in [6.07, 6.45) is 2.78. The van der Waals surface area contributed by atoms with E-state index in [0.717, 1.165) is 44.4 Å². The lowest BCUT2D eigenvalue weighted by molar-refractivity contribution is -0.142. The largest absolute Gasteiger partial charge is 0.469 e. The summed E-state index contributed by atoms with van der Waals surface area (Å²) in [5.41, 5.74) is 1.58. The molecule has 5 rings (SSSR count). The molecule has 2 amide bonds. The second-order valence-electron chi connectivity index (χ2n) is 9.57. The number of methoxy groups -OCH3 is 1. The average Bonchev–Trinajstić information content (AvgIpc) is 3.45. The first-order valence-corrected chi connectivity index (χ1v) is 13.5. The summed E-state index contributed by atoms with van der Waals surface area (Å²) in [5.74, 6) is -1.32. The van der Waals surface area contributed by atoms with E-state index in [1.165, 1.54) is 6.07 Å². The van der Waals surface area contributed by atoms with Crippen LogP contribution in [0.25, 0.3) is 11.1 Å². The van der Waals surface area contributed by atoms with E-state index in [1.807, 2.05) is 6.07 Å². The molecule has 0 atom stereocenters. The van der Waals surface area contributed by atoms with Crippen molar-refractivity contribution in [2.24, 2.45) is 5.41 Å². The topological polar surface area (TPSA) is 158 Å². The molecule has 2 aliphatic carbocycles. The molecule has 2 saturated carbocycles. The van der Waals surface area contributed by atoms with E-state index in [0.29, 0.717) is 16.5 Å². The van der Waals surface area contributed by atoms with Crippen LogP contribution < -0.4 is 10.0 Å². The van der Waals surface area contributed by atoms with E-state index in [-0.39, 0.29) is 36.0 Å². The van der Waals surface area contributed by atoms with Gasteiger partial charge in [-0.2, -0.15) is 8.42 Å². The van der Waals surface area contributed by atoms with Crippen LogP contribution in [0.3, 0.4) is 0 Å². The molecule has 37 heavy (non-hydrogen) atoms. The third kappa shape index (κ3) is 5.21. The standard InChI is InChI=1S/C24H24ClN3O8S/c1-34-20(30)6-5-19(29)28-37(32,33)21-7-4-18(35-21)22(31)26-15-11-24(12-15)9-13(10-24)23-27-16-8-14(25)2-3-17(16)36-23/h2-4,7-8,13,15H,5-6,9-12H2,1H3,(H,26,31)(H,28,29). The van der Waals surface area contributed by atoms with Crippen LogP contribution in [0.1, 0.15) is 60.9 Å². The normalized spacial score (nSPS) is 22.8. The van der Waals surface area contributed by atoms with Crippen molar-refractivity contribution in [3.05, 3.63) is 47.0 Å². The molecule has 1 spiro atoms. The van der Waals surface area contributed by atoms with Gasteiger partial charge in [0.15, 0.2) is 17.2 Å². The lowest BCUT2D eigenvalue weighted by atomic mass is 9.50. The lowest BCUT2D eigenvalue weighted by Crippen LogP contribution is -2.55. The highest BCUT2D eigenvalue weighted by atomic mass is 35.5. The van der Waals surface area contributed by atoms with Crippen molar-refractivity contribution in [3.63, 3.8) is 0 Å². The number of hydrogen-bond acceptors (Lipinski definition) is 9. The van der Waals surface area contributed by atoms with E-state index in [4.69, 9.17) is 20.4 Å². The lowest BCUT2D eigenvalue weighted by Gasteiger charge is -2.57. The number of benzene rings is 1. The van der Waals surface area contributed by atoms with Gasteiger partial charge >= 0.3 is 5.97 Å². The first-order valence-electron chi connectivity index (χ1n) is 11.6. The van der Waals surface area contributed by atoms with E-state index in [9.17, 15) is 22.8 Å². The minimum absolute atomic E-state index is 0.0564. The number of nitrogens with one attached hydrogen (secondary N) is 2. The van der Waals surface area contributed by atoms with Crippen LogP contribution in [-0.4, -0.2) is 44.3 Å². The molecule has 2 N–H and O–H groups in total. The van der Waals surface area contributed by atoms with Gasteiger partial charge in [-0.05, 0) is 61.4 Å². The molecular formula is C24H24ClN3O8S. The summed E-state index contributed by atoms with van der Waals surface area (Å²) in [4.78, 5) is 40.1. The maximum atomic E-state index is 12.6. The zero-order valence-corrected chi connectivity index (χ0v) is 21.4. The maximum absolute atomic E-state index is 12.6. The summed E-state index contributed by atoms with van der Waals surface area (Å²) in [7, 11) is -3.16. The fraction of sp³-hybridized carbons (Fsp3) is 0.417. The number of furan rings is 1. The second-order valence-corrected chi connectivity index (χ2v) is 11.6. The van der Waals surface area contributed by atoms with Crippen molar-refractivity contribution in [3.8, 4) is 0 Å². The number of oxazole rings is 1. The number of aromatic nitrogens is 1. The van der Waals surface area contributed by atoms with Gasteiger partial charge in [0.2, 0.25) is 11.0 Å². The number of halogens is 1. The van der Waals surface area contributed by atoms with Crippen molar-refractivity contribution < 1.29 is 36.4 Å². The Morgan fingerprint density at radius 2 is 1.86 bits per heavy atom. The van der Waals surface area contributed by atoms with E-state index < -0.39 is 32.9 Å². The number of hydrogen-bond donors (Lipinski definition) is 2. The molecule has 11 nitrogen and oxygen atoms in total. The Balaban J connectivity index is 1.10. The molecular weight excluding hydrogens is 526 g/mol. The van der Waals surface area contributed by atoms with Gasteiger partial charge in [0.25, 0.3) is 15.9 Å². The van der Waals surface area contributed by atoms with Gasteiger partial charge in [-0.25, -0.2) is 9.71 Å². The Hall–Kier alpha value is -3.38. The smallest absolute Gasteiger partial charge is 0.306 e. The third-order valence-corrected chi connectivity index (χ3v) is 8.35. The van der Waals surface area contributed by atoms with Gasteiger partial charge in [0.1, 0.15) is 5.52 Å². The van der Waals surface area contributed by atoms with Crippen LogP contribution in [-0.2, 0) is 24.3 Å². The number of sulfonamides is 1. The van der Waals surface area contributed by atoms with Gasteiger partial charge < -0.3 is 18.9 Å². The molecule has 0 radical (unpaired) electrons. The molecule has 13 heteroatoms. The Bertz CT molecular complexity index is 1480. The molecule has 2 fully saturated rings. The number of nitrogens with zero attached hydrogens (tertiary/aromatic N) is 1. The summed E-state index contributed by atoms with van der Waals surface area (Å²) in [5, 5.41) is 2.90. The minimum atomic E-state index is -4.33. The van der Waals surface area contributed by atoms with Crippen LogP contribution in [0.5, 0.6) is 0 Å². The summed E-state index contributed by atoms with van der Waals surface area (Å²) in [6, 6.07) is 7.62. The van der Waals surface area contributed by atoms with Crippen LogP contribution in [0.4, 0.5) is 0 Å². The van der Waals surface area contributed by atoms with Crippen LogP contribution in [0, 0.1) is 5.41 Å². The van der Waals surface area contributed by atoms with Gasteiger partial charge in [0.05, 0.1) is 13.5 Å². The average molecular weight is 550 g/mol. The van der Waals surface area contributed by atoms with Crippen molar-refractivity contribution in [2.75, 3.05) is 7.11 Å². The van der Waals surface area contributed by atoms with Crippen LogP contribution >= 0.6 is 11.6 Å². The first kappa shape index (κ1) is 25.3. The Morgan fingerprint density at radius 1 is 1.11 bits per heavy atom. The number of ether oxygens (including phenoxy) is 1. The van der Waals surface area contributed by atoms with E-state index in [1.54, 1.807) is 16.9 Å². The first-order chi connectivity index (χ1) is 17.6. The summed E-state index contributed by atoms with van der Waals surface area (Å²) >= 11 is 6.02. The van der Waals surface area contributed by atoms with Gasteiger partial charge in [-0.3, -0.25) is 14.4 Å². The summed E-state index contributed by atoms with van der Waals surface area (Å²) in [6.45, 7) is 0. The maximum Gasteiger partial charge on any atom is 0.306 e. The van der Waals surface area contributed by atoms with E-state index >= 15 is 0 Å². The SMILES string of the molecule is COC(=O)CCC(=O)NS(=O)(=O)c1ccc(C(=O)NC2CC3(C2)CC(c2nc4cc(Cl)ccc4o2)C3)o1. The van der Waals surface area contributed by atoms with Crippen LogP contribution in [0.2, 0.25) is 5.02 Å². The highest BCUT2D eigenvalue weighted by Crippen LogP contribution is 2.61. The Kier molecular flexibility index (Phi) is 6.48. The molecule has 3 aromatic rings. The quantitative estimate of drug-likeness (QED) is 0.402. The number of rotatable bonds is 8. The number of carbonyl (C=O) groups is 3. The summed E-state index contributed by atoms with van der Waals surface area (Å²) < 4.78 is 42.0. The predicted molar refractivity (Wildman–Crippen MR) is 129 cm³/mol. The second kappa shape index (κ2) is 9.49. The van der Waals surface area contributed by atoms with Crippen molar-refractivity contribution in [1.82, 2.24) is 15.0 Å². The van der Waals surface area contributed by atoms with E-state index in [2.05, 4.69) is 15.0 Å². The zero-order chi connectivity index (χ0) is 26.4. The molecule has 2 aliphatic rings. The molecule has 1 aromatic carbocycles. The minimum Gasteiger partial charge on any atom is -0.469 e.